The third kappa shape index (κ3) is 2.24. The molecule has 3 aromatic rings. The molecule has 1 aliphatic heterocycles. The first-order valence-electron chi connectivity index (χ1n) is 9.12. The molecule has 0 bridgehead atoms. The van der Waals surface area contributed by atoms with Crippen LogP contribution in [0.3, 0.4) is 0 Å². The third-order valence-corrected chi connectivity index (χ3v) is 5.75. The Morgan fingerprint density at radius 2 is 2.00 bits per heavy atom. The van der Waals surface area contributed by atoms with Gasteiger partial charge in [0, 0.05) is 31.4 Å². The summed E-state index contributed by atoms with van der Waals surface area (Å²) in [5, 5.41) is 13.2. The van der Waals surface area contributed by atoms with Gasteiger partial charge in [0.2, 0.25) is 0 Å². The molecule has 3 aromatic heterocycles. The van der Waals surface area contributed by atoms with Gasteiger partial charge in [0.25, 0.3) is 5.78 Å². The highest BCUT2D eigenvalue weighted by Crippen LogP contribution is 2.29. The Kier molecular flexibility index (Phi) is 3.35. The number of anilines is 2. The van der Waals surface area contributed by atoms with Gasteiger partial charge in [-0.25, -0.2) is 4.98 Å². The van der Waals surface area contributed by atoms with Crippen molar-refractivity contribution >= 4 is 17.4 Å². The van der Waals surface area contributed by atoms with Crippen molar-refractivity contribution in [3.8, 4) is 0 Å². The minimum atomic E-state index is 0.401. The van der Waals surface area contributed by atoms with E-state index in [1.54, 1.807) is 6.33 Å². The van der Waals surface area contributed by atoms with Crippen LogP contribution in [0.5, 0.6) is 0 Å². The largest absolute Gasteiger partial charge is 0.353 e. The molecule has 0 unspecified atom stereocenters. The molecule has 5 rings (SSSR count). The second-order valence-corrected chi connectivity index (χ2v) is 7.32. The number of hydrogen-bond donors (Lipinski definition) is 0. The number of rotatable bonds is 3. The number of aryl methyl sites for hydroxylation is 3. The molecule has 0 saturated carbocycles. The van der Waals surface area contributed by atoms with Gasteiger partial charge in [-0.15, -0.1) is 5.10 Å². The van der Waals surface area contributed by atoms with Gasteiger partial charge in [-0.3, -0.25) is 0 Å². The van der Waals surface area contributed by atoms with E-state index >= 15 is 0 Å². The summed E-state index contributed by atoms with van der Waals surface area (Å²) in [5.74, 6) is 2.72. The van der Waals surface area contributed by atoms with Crippen molar-refractivity contribution in [2.45, 2.75) is 39.2 Å². The average molecular weight is 350 g/mol. The summed E-state index contributed by atoms with van der Waals surface area (Å²) in [5.41, 5.74) is 4.69. The van der Waals surface area contributed by atoms with Crippen molar-refractivity contribution in [1.82, 2.24) is 29.8 Å². The fraction of sp³-hybridized carbons (Fsp3) is 0.500. The molecule has 0 atom stereocenters. The maximum atomic E-state index is 4.51. The van der Waals surface area contributed by atoms with Crippen molar-refractivity contribution < 1.29 is 0 Å². The van der Waals surface area contributed by atoms with Gasteiger partial charge in [-0.2, -0.15) is 19.7 Å². The minimum Gasteiger partial charge on any atom is -0.353 e. The Balaban J connectivity index is 1.38. The van der Waals surface area contributed by atoms with Crippen LogP contribution in [-0.4, -0.2) is 56.0 Å². The van der Waals surface area contributed by atoms with Crippen LogP contribution in [0.25, 0.3) is 5.78 Å². The molecule has 0 radical (unpaired) electrons. The molecule has 2 aliphatic rings. The van der Waals surface area contributed by atoms with Crippen LogP contribution in [0.15, 0.2) is 12.4 Å². The molecule has 0 amide bonds. The van der Waals surface area contributed by atoms with Crippen LogP contribution in [0.1, 0.15) is 28.9 Å². The van der Waals surface area contributed by atoms with Crippen LogP contribution in [0, 0.1) is 13.8 Å². The highest BCUT2D eigenvalue weighted by Gasteiger charge is 2.34. The fourth-order valence-electron chi connectivity index (χ4n) is 3.96. The second-order valence-electron chi connectivity index (χ2n) is 7.32. The first kappa shape index (κ1) is 15.5. The lowest BCUT2D eigenvalue weighted by Gasteiger charge is -2.45. The number of fused-ring (bicyclic) bond motifs is 2. The zero-order chi connectivity index (χ0) is 17.8. The Bertz CT molecular complexity index is 988. The van der Waals surface area contributed by atoms with E-state index in [-0.39, 0.29) is 0 Å². The van der Waals surface area contributed by atoms with Crippen LogP contribution in [0.4, 0.5) is 11.6 Å². The normalized spacial score (nSPS) is 16.8. The molecule has 0 spiro atoms. The summed E-state index contributed by atoms with van der Waals surface area (Å²) >= 11 is 0. The first-order valence-corrected chi connectivity index (χ1v) is 9.12. The molecule has 8 heteroatoms. The average Bonchev–Trinajstić information content (AvgIpc) is 3.22. The highest BCUT2D eigenvalue weighted by atomic mass is 15.4. The molecule has 8 nitrogen and oxygen atoms in total. The SMILES string of the molecule is Cc1nc2ncnn2c(N(C)C2CN(c3cc4c(nn3)CCC4)C2)c1C. The highest BCUT2D eigenvalue weighted by molar-refractivity contribution is 5.56. The van der Waals surface area contributed by atoms with Crippen molar-refractivity contribution in [3.05, 3.63) is 34.9 Å². The summed E-state index contributed by atoms with van der Waals surface area (Å²) < 4.78 is 1.83. The van der Waals surface area contributed by atoms with Crippen molar-refractivity contribution in [2.24, 2.45) is 0 Å². The molecule has 4 heterocycles. The minimum absolute atomic E-state index is 0.401. The fourth-order valence-corrected chi connectivity index (χ4v) is 3.96. The zero-order valence-electron chi connectivity index (χ0n) is 15.3. The molecule has 134 valence electrons. The summed E-state index contributed by atoms with van der Waals surface area (Å²) in [6.45, 7) is 5.98. The number of nitrogens with zero attached hydrogens (tertiary/aromatic N) is 8. The summed E-state index contributed by atoms with van der Waals surface area (Å²) in [6, 6.07) is 2.63. The van der Waals surface area contributed by atoms with Gasteiger partial charge in [-0.05, 0) is 44.7 Å². The van der Waals surface area contributed by atoms with Crippen LogP contribution >= 0.6 is 0 Å². The van der Waals surface area contributed by atoms with Gasteiger partial charge in [-0.1, -0.05) is 0 Å². The van der Waals surface area contributed by atoms with E-state index in [0.29, 0.717) is 11.8 Å². The van der Waals surface area contributed by atoms with Gasteiger partial charge >= 0.3 is 0 Å². The van der Waals surface area contributed by atoms with E-state index in [1.807, 2.05) is 11.4 Å². The van der Waals surface area contributed by atoms with E-state index in [2.05, 4.69) is 55.1 Å². The monoisotopic (exact) mass is 350 g/mol. The molecule has 26 heavy (non-hydrogen) atoms. The zero-order valence-corrected chi connectivity index (χ0v) is 15.3. The van der Waals surface area contributed by atoms with Gasteiger partial charge in [0.05, 0.1) is 11.7 Å². The maximum absolute atomic E-state index is 4.51. The maximum Gasteiger partial charge on any atom is 0.254 e. The molecule has 1 aliphatic carbocycles. The Labute approximate surface area is 151 Å². The van der Waals surface area contributed by atoms with Crippen molar-refractivity contribution in [2.75, 3.05) is 29.9 Å². The van der Waals surface area contributed by atoms with Crippen LogP contribution in [0.2, 0.25) is 0 Å². The van der Waals surface area contributed by atoms with Crippen molar-refractivity contribution in [3.63, 3.8) is 0 Å². The van der Waals surface area contributed by atoms with E-state index in [0.717, 1.165) is 48.8 Å². The van der Waals surface area contributed by atoms with Crippen LogP contribution < -0.4 is 9.80 Å². The third-order valence-electron chi connectivity index (χ3n) is 5.75. The van der Waals surface area contributed by atoms with E-state index in [1.165, 1.54) is 17.7 Å². The lowest BCUT2D eigenvalue weighted by atomic mass is 10.1. The topological polar surface area (TPSA) is 75.3 Å². The van der Waals surface area contributed by atoms with Crippen LogP contribution in [-0.2, 0) is 12.8 Å². The molecular formula is C18H22N8. The van der Waals surface area contributed by atoms with E-state index in [9.17, 15) is 0 Å². The summed E-state index contributed by atoms with van der Waals surface area (Å²) in [7, 11) is 2.12. The Morgan fingerprint density at radius 1 is 1.15 bits per heavy atom. The lowest BCUT2D eigenvalue weighted by Crippen LogP contribution is -2.59. The number of likely N-dealkylation sites (N-methyl/N-ethyl adjacent to an activating group) is 1. The molecule has 1 fully saturated rings. The summed E-state index contributed by atoms with van der Waals surface area (Å²) in [4.78, 5) is 13.4. The van der Waals surface area contributed by atoms with Gasteiger partial charge < -0.3 is 9.80 Å². The standard InChI is InChI=1S/C18H22N8/c1-11-12(2)21-18-19-10-20-26(18)17(11)24(3)14-8-25(9-14)16-7-13-5-4-6-15(13)22-23-16/h7,10,14H,4-6,8-9H2,1-3H3. The predicted molar refractivity (Wildman–Crippen MR) is 98.7 cm³/mol. The second kappa shape index (κ2) is 5.62. The van der Waals surface area contributed by atoms with Gasteiger partial charge in [0.1, 0.15) is 12.1 Å². The quantitative estimate of drug-likeness (QED) is 0.706. The Morgan fingerprint density at radius 3 is 2.85 bits per heavy atom. The van der Waals surface area contributed by atoms with E-state index < -0.39 is 0 Å². The van der Waals surface area contributed by atoms with Crippen molar-refractivity contribution in [1.29, 1.82) is 0 Å². The summed E-state index contributed by atoms with van der Waals surface area (Å²) in [6.07, 6.45) is 4.97. The van der Waals surface area contributed by atoms with Gasteiger partial charge in [0.15, 0.2) is 5.82 Å². The predicted octanol–water partition coefficient (Wildman–Crippen LogP) is 1.34. The number of aromatic nitrogens is 6. The molecule has 0 N–H and O–H groups in total. The molecule has 0 aromatic carbocycles. The Hall–Kier alpha value is -2.77. The molecular weight excluding hydrogens is 328 g/mol. The number of hydrogen-bond acceptors (Lipinski definition) is 7. The first-order chi connectivity index (χ1) is 12.6. The molecule has 1 saturated heterocycles. The smallest absolute Gasteiger partial charge is 0.254 e. The van der Waals surface area contributed by atoms with E-state index in [4.69, 9.17) is 0 Å². The lowest BCUT2D eigenvalue weighted by molar-refractivity contribution is 0.484.